The van der Waals surface area contributed by atoms with Gasteiger partial charge in [0, 0.05) is 35.3 Å². The van der Waals surface area contributed by atoms with Gasteiger partial charge in [-0.1, -0.05) is 36.8 Å². The van der Waals surface area contributed by atoms with Crippen LogP contribution in [0.1, 0.15) is 61.4 Å². The van der Waals surface area contributed by atoms with Crippen LogP contribution in [-0.2, 0) is 20.0 Å². The fourth-order valence-corrected chi connectivity index (χ4v) is 5.88. The summed E-state index contributed by atoms with van der Waals surface area (Å²) in [4.78, 5) is 24.1. The van der Waals surface area contributed by atoms with Gasteiger partial charge in [-0.3, -0.25) is 4.79 Å². The molecule has 1 fully saturated rings. The highest BCUT2D eigenvalue weighted by molar-refractivity contribution is 8.02. The molecule has 184 valence electrons. The number of rotatable bonds is 11. The minimum atomic E-state index is -0.696. The van der Waals surface area contributed by atoms with Crippen molar-refractivity contribution in [3.05, 3.63) is 70.9 Å². The Kier molecular flexibility index (Phi) is 9.17. The smallest absolute Gasteiger partial charge is 0.337 e. The number of carbonyl (C=O) groups is 2. The minimum absolute atomic E-state index is 0.0763. The summed E-state index contributed by atoms with van der Waals surface area (Å²) < 4.78 is 10.2. The fraction of sp³-hybridized carbons (Fsp3) is 0.481. The van der Waals surface area contributed by atoms with Crippen LogP contribution in [0.15, 0.2) is 59.7 Å². The standard InChI is InChI=1S/C27H34O6S/c1-4-13-27(14-6-15-27)24(30)8-5-7-21-22(29)16-23(33-18(2)28)25(21)34-17-19-9-11-20(12-10-19)26(31)32-3/h4-5,7,9-12,21-22,24,29-30H,1,6,8,13-17H2,2-3H3/b7-5+/t21-,22+,24?/m0/s1. The van der Waals surface area contributed by atoms with Crippen LogP contribution in [0.4, 0.5) is 0 Å². The van der Waals surface area contributed by atoms with Crippen molar-refractivity contribution in [3.8, 4) is 0 Å². The van der Waals surface area contributed by atoms with E-state index in [-0.39, 0.29) is 23.7 Å². The van der Waals surface area contributed by atoms with Crippen LogP contribution in [0.25, 0.3) is 0 Å². The van der Waals surface area contributed by atoms with Crippen molar-refractivity contribution in [1.29, 1.82) is 0 Å². The number of benzene rings is 1. The third-order valence-electron chi connectivity index (χ3n) is 6.73. The van der Waals surface area contributed by atoms with E-state index in [1.807, 2.05) is 30.4 Å². The van der Waals surface area contributed by atoms with Crippen LogP contribution >= 0.6 is 11.8 Å². The van der Waals surface area contributed by atoms with Crippen LogP contribution < -0.4 is 0 Å². The molecule has 2 N–H and O–H groups in total. The molecule has 0 aliphatic heterocycles. The van der Waals surface area contributed by atoms with E-state index in [4.69, 9.17) is 9.47 Å². The topological polar surface area (TPSA) is 93.1 Å². The molecular formula is C27H34O6S. The molecule has 0 saturated heterocycles. The highest BCUT2D eigenvalue weighted by Crippen LogP contribution is 2.48. The van der Waals surface area contributed by atoms with E-state index in [1.165, 1.54) is 25.8 Å². The molecule has 1 aromatic rings. The first-order chi connectivity index (χ1) is 16.3. The quantitative estimate of drug-likeness (QED) is 0.339. The molecule has 0 aromatic heterocycles. The van der Waals surface area contributed by atoms with Crippen molar-refractivity contribution in [3.63, 3.8) is 0 Å². The maximum Gasteiger partial charge on any atom is 0.337 e. The van der Waals surface area contributed by atoms with E-state index in [0.717, 1.165) is 36.2 Å². The molecule has 1 unspecified atom stereocenters. The summed E-state index contributed by atoms with van der Waals surface area (Å²) in [5.41, 5.74) is 1.39. The number of hydrogen-bond donors (Lipinski definition) is 2. The molecule has 0 spiro atoms. The highest BCUT2D eigenvalue weighted by atomic mass is 32.2. The lowest BCUT2D eigenvalue weighted by Gasteiger charge is -2.45. The Balaban J connectivity index is 1.70. The number of aliphatic hydroxyl groups excluding tert-OH is 2. The van der Waals surface area contributed by atoms with E-state index in [2.05, 4.69) is 6.58 Å². The van der Waals surface area contributed by atoms with Crippen molar-refractivity contribution in [2.45, 2.75) is 63.4 Å². The van der Waals surface area contributed by atoms with E-state index in [0.29, 0.717) is 23.5 Å². The summed E-state index contributed by atoms with van der Waals surface area (Å²) in [6.45, 7) is 5.18. The summed E-state index contributed by atoms with van der Waals surface area (Å²) in [7, 11) is 1.35. The first kappa shape index (κ1) is 26.3. The highest BCUT2D eigenvalue weighted by Gasteiger charge is 2.41. The number of carbonyl (C=O) groups excluding carboxylic acids is 2. The van der Waals surface area contributed by atoms with Crippen LogP contribution in [-0.4, -0.2) is 41.5 Å². The van der Waals surface area contributed by atoms with Gasteiger partial charge < -0.3 is 19.7 Å². The monoisotopic (exact) mass is 486 g/mol. The zero-order valence-electron chi connectivity index (χ0n) is 19.9. The average molecular weight is 487 g/mol. The molecule has 1 saturated carbocycles. The number of allylic oxidation sites excluding steroid dienone is 1. The van der Waals surface area contributed by atoms with E-state index < -0.39 is 18.2 Å². The second-order valence-corrected chi connectivity index (χ2v) is 10.1. The lowest BCUT2D eigenvalue weighted by atomic mass is 9.62. The molecule has 0 bridgehead atoms. The zero-order chi connectivity index (χ0) is 24.7. The average Bonchev–Trinajstić information content (AvgIpc) is 3.07. The first-order valence-corrected chi connectivity index (χ1v) is 12.6. The third kappa shape index (κ3) is 6.20. The third-order valence-corrected chi connectivity index (χ3v) is 8.02. The molecule has 3 rings (SSSR count). The second kappa shape index (κ2) is 11.9. The Morgan fingerprint density at radius 1 is 1.29 bits per heavy atom. The largest absolute Gasteiger partial charge is 0.465 e. The van der Waals surface area contributed by atoms with Gasteiger partial charge in [-0.2, -0.15) is 0 Å². The van der Waals surface area contributed by atoms with Gasteiger partial charge in [0.25, 0.3) is 0 Å². The number of ether oxygens (including phenoxy) is 2. The molecule has 1 aromatic carbocycles. The van der Waals surface area contributed by atoms with Gasteiger partial charge in [0.1, 0.15) is 5.76 Å². The van der Waals surface area contributed by atoms with Gasteiger partial charge in [0.05, 0.1) is 24.9 Å². The van der Waals surface area contributed by atoms with Crippen LogP contribution in [0.3, 0.4) is 0 Å². The van der Waals surface area contributed by atoms with Gasteiger partial charge >= 0.3 is 11.9 Å². The lowest BCUT2D eigenvalue weighted by Crippen LogP contribution is -2.40. The Bertz CT molecular complexity index is 944. The van der Waals surface area contributed by atoms with Crippen molar-refractivity contribution < 1.29 is 29.3 Å². The molecule has 0 amide bonds. The molecule has 34 heavy (non-hydrogen) atoms. The molecule has 3 atom stereocenters. The van der Waals surface area contributed by atoms with Crippen molar-refractivity contribution in [2.24, 2.45) is 11.3 Å². The lowest BCUT2D eigenvalue weighted by molar-refractivity contribution is -0.137. The summed E-state index contributed by atoms with van der Waals surface area (Å²) in [5, 5.41) is 21.5. The second-order valence-electron chi connectivity index (χ2n) is 9.04. The summed E-state index contributed by atoms with van der Waals surface area (Å²) in [5.74, 6) is -0.0312. The number of methoxy groups -OCH3 is 1. The first-order valence-electron chi connectivity index (χ1n) is 11.6. The number of aliphatic hydroxyl groups is 2. The fourth-order valence-electron chi connectivity index (χ4n) is 4.65. The molecule has 2 aliphatic carbocycles. The van der Waals surface area contributed by atoms with E-state index in [9.17, 15) is 19.8 Å². The minimum Gasteiger partial charge on any atom is -0.465 e. The number of hydrogen-bond acceptors (Lipinski definition) is 7. The van der Waals surface area contributed by atoms with Crippen LogP contribution in [0.5, 0.6) is 0 Å². The maximum absolute atomic E-state index is 11.6. The molecule has 2 aliphatic rings. The van der Waals surface area contributed by atoms with Crippen molar-refractivity contribution >= 4 is 23.7 Å². The Hall–Kier alpha value is -2.35. The molecule has 7 heteroatoms. The van der Waals surface area contributed by atoms with E-state index in [1.54, 1.807) is 12.1 Å². The Morgan fingerprint density at radius 2 is 2.00 bits per heavy atom. The molecule has 6 nitrogen and oxygen atoms in total. The van der Waals surface area contributed by atoms with Crippen LogP contribution in [0, 0.1) is 11.3 Å². The summed E-state index contributed by atoms with van der Waals surface area (Å²) in [6, 6.07) is 7.14. The molecule has 0 radical (unpaired) electrons. The number of esters is 2. The SMILES string of the molecule is C=CCC1(C(O)C/C=C/[C@@H]2C(SCc3ccc(C(=O)OC)cc3)=C(OC(C)=O)C[C@H]2O)CCC1. The Morgan fingerprint density at radius 3 is 2.56 bits per heavy atom. The summed E-state index contributed by atoms with van der Waals surface area (Å²) >= 11 is 1.51. The van der Waals surface area contributed by atoms with Gasteiger partial charge in [-0.05, 0) is 43.4 Å². The normalized spacial score (nSPS) is 22.4. The van der Waals surface area contributed by atoms with E-state index >= 15 is 0 Å². The van der Waals surface area contributed by atoms with Gasteiger partial charge in [-0.25, -0.2) is 4.79 Å². The predicted octanol–water partition coefficient (Wildman–Crippen LogP) is 4.92. The molecular weight excluding hydrogens is 452 g/mol. The van der Waals surface area contributed by atoms with Crippen LogP contribution in [0.2, 0.25) is 0 Å². The maximum atomic E-state index is 11.6. The Labute approximate surface area is 205 Å². The number of thioether (sulfide) groups is 1. The van der Waals surface area contributed by atoms with Crippen molar-refractivity contribution in [1.82, 2.24) is 0 Å². The van der Waals surface area contributed by atoms with Gasteiger partial charge in [-0.15, -0.1) is 18.3 Å². The predicted molar refractivity (Wildman–Crippen MR) is 133 cm³/mol. The van der Waals surface area contributed by atoms with Gasteiger partial charge in [0.15, 0.2) is 0 Å². The zero-order valence-corrected chi connectivity index (χ0v) is 20.7. The molecule has 0 heterocycles. The summed E-state index contributed by atoms with van der Waals surface area (Å²) in [6.07, 6.45) is 9.32. The van der Waals surface area contributed by atoms with Crippen molar-refractivity contribution in [2.75, 3.05) is 7.11 Å². The van der Waals surface area contributed by atoms with Gasteiger partial charge in [0.2, 0.25) is 0 Å².